The number of aromatic nitrogens is 2. The second-order valence-corrected chi connectivity index (χ2v) is 5.59. The third-order valence-electron chi connectivity index (χ3n) is 3.78. The molecule has 1 aliphatic rings. The lowest BCUT2D eigenvalue weighted by molar-refractivity contribution is 0.440. The Kier molecular flexibility index (Phi) is 3.20. The fourth-order valence-electron chi connectivity index (χ4n) is 2.70. The van der Waals surface area contributed by atoms with E-state index in [0.717, 1.165) is 21.8 Å². The number of fused-ring (bicyclic) bond motifs is 1. The first-order valence-corrected chi connectivity index (χ1v) is 7.59. The van der Waals surface area contributed by atoms with Crippen LogP contribution in [-0.4, -0.2) is 20.9 Å². The van der Waals surface area contributed by atoms with Gasteiger partial charge in [0.1, 0.15) is 5.69 Å². The predicted octanol–water partition coefficient (Wildman–Crippen LogP) is 2.57. The van der Waals surface area contributed by atoms with E-state index in [4.69, 9.17) is 12.2 Å². The lowest BCUT2D eigenvalue weighted by Gasteiger charge is -2.03. The van der Waals surface area contributed by atoms with E-state index in [1.807, 2.05) is 60.7 Å². The third kappa shape index (κ3) is 2.31. The molecule has 4 nitrogen and oxygen atoms in total. The Morgan fingerprint density at radius 3 is 2.74 bits per heavy atom. The van der Waals surface area contributed by atoms with Gasteiger partial charge < -0.3 is 10.1 Å². The zero-order valence-electron chi connectivity index (χ0n) is 12.1. The monoisotopic (exact) mass is 319 g/mol. The van der Waals surface area contributed by atoms with Gasteiger partial charge in [-0.1, -0.05) is 30.3 Å². The van der Waals surface area contributed by atoms with Crippen LogP contribution in [-0.2, 0) is 0 Å². The quantitative estimate of drug-likeness (QED) is 0.713. The summed E-state index contributed by atoms with van der Waals surface area (Å²) < 4.78 is 2.07. The number of nitrogens with one attached hydrogen (secondary N) is 1. The van der Waals surface area contributed by atoms with Gasteiger partial charge >= 0.3 is 0 Å². The molecule has 0 aliphatic carbocycles. The normalized spacial score (nSPS) is 13.1. The van der Waals surface area contributed by atoms with Crippen molar-refractivity contribution >= 4 is 36.3 Å². The van der Waals surface area contributed by atoms with Crippen LogP contribution >= 0.6 is 12.2 Å². The number of H-pyrrole nitrogens is 1. The summed E-state index contributed by atoms with van der Waals surface area (Å²) in [6.45, 7) is 0. The van der Waals surface area contributed by atoms with Crippen LogP contribution < -0.4 is 10.4 Å². The summed E-state index contributed by atoms with van der Waals surface area (Å²) >= 11 is 5.35. The number of para-hydroxylation sites is 1. The molecule has 4 rings (SSSR count). The van der Waals surface area contributed by atoms with E-state index in [1.165, 1.54) is 0 Å². The molecule has 0 radical (unpaired) electrons. The van der Waals surface area contributed by atoms with Crippen LogP contribution in [0.15, 0.2) is 53.5 Å². The summed E-state index contributed by atoms with van der Waals surface area (Å²) in [6.07, 6.45) is 5.62. The Bertz CT molecular complexity index is 1090. The third-order valence-corrected chi connectivity index (χ3v) is 4.07. The largest absolute Gasteiger partial charge is 0.493 e. The molecule has 3 aromatic rings. The predicted molar refractivity (Wildman–Crippen MR) is 94.5 cm³/mol. The van der Waals surface area contributed by atoms with E-state index in [1.54, 1.807) is 10.8 Å². The maximum Gasteiger partial charge on any atom is 0.222 e. The fourth-order valence-corrected chi connectivity index (χ4v) is 3.00. The van der Waals surface area contributed by atoms with Gasteiger partial charge in [0.05, 0.1) is 11.4 Å². The van der Waals surface area contributed by atoms with Crippen LogP contribution in [0.5, 0.6) is 5.88 Å². The van der Waals surface area contributed by atoms with E-state index < -0.39 is 0 Å². The van der Waals surface area contributed by atoms with Crippen LogP contribution in [0.3, 0.4) is 0 Å². The summed E-state index contributed by atoms with van der Waals surface area (Å²) in [5.41, 5.74) is 2.32. The van der Waals surface area contributed by atoms with Crippen molar-refractivity contribution in [2.24, 2.45) is 4.99 Å². The molecule has 0 spiro atoms. The molecule has 0 saturated heterocycles. The molecule has 5 heteroatoms. The van der Waals surface area contributed by atoms with Gasteiger partial charge in [-0.3, -0.25) is 9.56 Å². The lowest BCUT2D eigenvalue weighted by Crippen LogP contribution is -2.23. The van der Waals surface area contributed by atoms with Crippen LogP contribution in [0.4, 0.5) is 5.69 Å². The first kappa shape index (κ1) is 13.7. The highest BCUT2D eigenvalue weighted by molar-refractivity contribution is 7.71. The maximum absolute atomic E-state index is 10.6. The van der Waals surface area contributed by atoms with Crippen LogP contribution in [0.25, 0.3) is 17.8 Å². The minimum atomic E-state index is 0.0951. The molecule has 2 aromatic carbocycles. The van der Waals surface area contributed by atoms with Crippen LogP contribution in [0.1, 0.15) is 5.69 Å². The number of aromatic hydroxyl groups is 1. The van der Waals surface area contributed by atoms with Gasteiger partial charge in [-0.25, -0.2) is 0 Å². The molecule has 0 unspecified atom stereocenters. The minimum absolute atomic E-state index is 0.0951. The fraction of sp³-hybridized carbons (Fsp3) is 0. The SMILES string of the molecule is Oc1c(/C=c2/cccc3c2=CC=N3)[nH]c(=S)n1-c1ccccc1. The van der Waals surface area contributed by atoms with Gasteiger partial charge in [-0.05, 0) is 47.8 Å². The first-order valence-electron chi connectivity index (χ1n) is 7.18. The Balaban J connectivity index is 1.92. The standard InChI is InChI=1S/C18H13N3OS/c22-17-16(11-12-5-4-8-15-14(12)9-10-19-15)20-18(23)21(17)13-6-2-1-3-7-13/h1-11,22H,(H,20,23)/b12-11-. The Hall–Kier alpha value is -2.92. The van der Waals surface area contributed by atoms with Gasteiger partial charge in [0, 0.05) is 11.4 Å². The number of benzene rings is 2. The van der Waals surface area contributed by atoms with Gasteiger partial charge in [0.15, 0.2) is 4.77 Å². The molecule has 0 atom stereocenters. The molecular weight excluding hydrogens is 306 g/mol. The number of imidazole rings is 1. The number of hydrogen-bond acceptors (Lipinski definition) is 3. The zero-order chi connectivity index (χ0) is 15.8. The minimum Gasteiger partial charge on any atom is -0.493 e. The van der Waals surface area contributed by atoms with Crippen molar-refractivity contribution < 1.29 is 5.11 Å². The Morgan fingerprint density at radius 1 is 1.09 bits per heavy atom. The average molecular weight is 319 g/mol. The summed E-state index contributed by atoms with van der Waals surface area (Å²) in [5, 5.41) is 12.6. The van der Waals surface area contributed by atoms with Crippen molar-refractivity contribution in [3.8, 4) is 11.6 Å². The van der Waals surface area contributed by atoms with Gasteiger partial charge in [-0.15, -0.1) is 0 Å². The van der Waals surface area contributed by atoms with E-state index in [0.29, 0.717) is 10.5 Å². The summed E-state index contributed by atoms with van der Waals surface area (Å²) in [4.78, 5) is 7.36. The Labute approximate surface area is 137 Å². The van der Waals surface area contributed by atoms with Gasteiger partial charge in [-0.2, -0.15) is 0 Å². The number of aliphatic imine (C=N–C) groups is 1. The molecule has 2 N–H and O–H groups in total. The van der Waals surface area contributed by atoms with Gasteiger partial charge in [0.2, 0.25) is 5.88 Å². The highest BCUT2D eigenvalue weighted by atomic mass is 32.1. The second kappa shape index (κ2) is 5.37. The molecule has 1 aliphatic heterocycles. The highest BCUT2D eigenvalue weighted by Gasteiger charge is 2.10. The lowest BCUT2D eigenvalue weighted by atomic mass is 10.2. The molecule has 112 valence electrons. The van der Waals surface area contributed by atoms with Gasteiger partial charge in [0.25, 0.3) is 0 Å². The van der Waals surface area contributed by atoms with Crippen molar-refractivity contribution in [2.75, 3.05) is 0 Å². The van der Waals surface area contributed by atoms with Crippen LogP contribution in [0, 0.1) is 4.77 Å². The van der Waals surface area contributed by atoms with Crippen LogP contribution in [0.2, 0.25) is 0 Å². The Morgan fingerprint density at radius 2 is 1.91 bits per heavy atom. The molecule has 0 fully saturated rings. The van der Waals surface area contributed by atoms with Crippen molar-refractivity contribution in [1.29, 1.82) is 0 Å². The summed E-state index contributed by atoms with van der Waals surface area (Å²) in [6, 6.07) is 15.4. The number of nitrogens with zero attached hydrogens (tertiary/aromatic N) is 2. The average Bonchev–Trinajstić information content (AvgIpc) is 3.14. The molecule has 0 saturated carbocycles. The molecular formula is C18H13N3OS. The highest BCUT2D eigenvalue weighted by Crippen LogP contribution is 2.22. The summed E-state index contributed by atoms with van der Waals surface area (Å²) in [7, 11) is 0. The first-order chi connectivity index (χ1) is 11.2. The van der Waals surface area contributed by atoms with E-state index in [2.05, 4.69) is 9.98 Å². The number of hydrogen-bond donors (Lipinski definition) is 2. The van der Waals surface area contributed by atoms with Crippen molar-refractivity contribution in [3.63, 3.8) is 0 Å². The molecule has 0 bridgehead atoms. The molecule has 1 aromatic heterocycles. The molecule has 0 amide bonds. The van der Waals surface area contributed by atoms with E-state index in [9.17, 15) is 5.11 Å². The zero-order valence-corrected chi connectivity index (χ0v) is 12.9. The number of aromatic amines is 1. The smallest absolute Gasteiger partial charge is 0.222 e. The topological polar surface area (TPSA) is 53.3 Å². The van der Waals surface area contributed by atoms with E-state index in [-0.39, 0.29) is 5.88 Å². The molecule has 2 heterocycles. The maximum atomic E-state index is 10.6. The van der Waals surface area contributed by atoms with Crippen molar-refractivity contribution in [3.05, 3.63) is 69.4 Å². The summed E-state index contributed by atoms with van der Waals surface area (Å²) in [5.74, 6) is 0.0951. The van der Waals surface area contributed by atoms with Crippen molar-refractivity contribution in [2.45, 2.75) is 0 Å². The molecule has 23 heavy (non-hydrogen) atoms. The van der Waals surface area contributed by atoms with Crippen molar-refractivity contribution in [1.82, 2.24) is 9.55 Å². The number of rotatable bonds is 2. The second-order valence-electron chi connectivity index (χ2n) is 5.21. The van der Waals surface area contributed by atoms with E-state index >= 15 is 0 Å².